The van der Waals surface area contributed by atoms with Gasteiger partial charge in [-0.25, -0.2) is 9.97 Å². The van der Waals surface area contributed by atoms with Crippen LogP contribution in [0.1, 0.15) is 18.2 Å². The fourth-order valence-corrected chi connectivity index (χ4v) is 1.26. The van der Waals surface area contributed by atoms with Crippen molar-refractivity contribution in [1.82, 2.24) is 14.4 Å². The number of hydrogen-bond donors (Lipinski definition) is 1. The van der Waals surface area contributed by atoms with Gasteiger partial charge in [0, 0.05) is 25.1 Å². The third-order valence-corrected chi connectivity index (χ3v) is 2.03. The van der Waals surface area contributed by atoms with Crippen LogP contribution < -0.4 is 5.73 Å². The number of hydrogen-bond acceptors (Lipinski definition) is 3. The Bertz CT molecular complexity index is 416. The second-order valence-corrected chi connectivity index (χ2v) is 2.96. The molecule has 0 amide bonds. The highest BCUT2D eigenvalue weighted by molar-refractivity contribution is 5.31. The number of rotatable bonds is 2. The summed E-state index contributed by atoms with van der Waals surface area (Å²) in [4.78, 5) is 8.45. The molecule has 4 heteroatoms. The molecule has 13 heavy (non-hydrogen) atoms. The van der Waals surface area contributed by atoms with Gasteiger partial charge in [-0.15, -0.1) is 0 Å². The van der Waals surface area contributed by atoms with Crippen LogP contribution in [0, 0.1) is 0 Å². The van der Waals surface area contributed by atoms with Crippen molar-refractivity contribution < 1.29 is 0 Å². The Morgan fingerprint density at radius 1 is 1.46 bits per heavy atom. The van der Waals surface area contributed by atoms with Crippen LogP contribution in [0.5, 0.6) is 0 Å². The molecule has 0 atom stereocenters. The van der Waals surface area contributed by atoms with E-state index in [1.165, 1.54) is 5.56 Å². The van der Waals surface area contributed by atoms with Gasteiger partial charge >= 0.3 is 0 Å². The first kappa shape index (κ1) is 8.19. The molecule has 4 nitrogen and oxygen atoms in total. The summed E-state index contributed by atoms with van der Waals surface area (Å²) in [6.07, 6.45) is 6.79. The number of aromatic nitrogens is 3. The van der Waals surface area contributed by atoms with E-state index in [1.54, 1.807) is 0 Å². The van der Waals surface area contributed by atoms with E-state index in [0.717, 1.165) is 17.9 Å². The van der Waals surface area contributed by atoms with Gasteiger partial charge in [-0.2, -0.15) is 0 Å². The van der Waals surface area contributed by atoms with Gasteiger partial charge in [-0.1, -0.05) is 6.92 Å². The molecule has 0 aliphatic rings. The Balaban J connectivity index is 2.57. The zero-order valence-electron chi connectivity index (χ0n) is 7.57. The molecule has 0 aliphatic carbocycles. The Morgan fingerprint density at radius 2 is 2.31 bits per heavy atom. The van der Waals surface area contributed by atoms with Crippen LogP contribution in [0.3, 0.4) is 0 Å². The van der Waals surface area contributed by atoms with Crippen molar-refractivity contribution in [2.45, 2.75) is 19.9 Å². The molecule has 68 valence electrons. The predicted octanol–water partition coefficient (Wildman–Crippen LogP) is 0.750. The summed E-state index contributed by atoms with van der Waals surface area (Å²) < 4.78 is 1.92. The maximum Gasteiger partial charge on any atom is 0.233 e. The lowest BCUT2D eigenvalue weighted by molar-refractivity contribution is 1.01. The molecule has 0 saturated heterocycles. The topological polar surface area (TPSA) is 56.2 Å². The molecule has 0 spiro atoms. The fraction of sp³-hybridized carbons (Fsp3) is 0.333. The van der Waals surface area contributed by atoms with Crippen molar-refractivity contribution in [3.63, 3.8) is 0 Å². The molecule has 2 aromatic rings. The summed E-state index contributed by atoms with van der Waals surface area (Å²) >= 11 is 0. The average Bonchev–Trinajstić information content (AvgIpc) is 2.58. The highest BCUT2D eigenvalue weighted by Crippen LogP contribution is 2.04. The number of nitrogens with zero attached hydrogens (tertiary/aromatic N) is 3. The molecule has 0 aliphatic heterocycles. The van der Waals surface area contributed by atoms with Crippen LogP contribution in [-0.4, -0.2) is 14.4 Å². The van der Waals surface area contributed by atoms with Crippen LogP contribution in [-0.2, 0) is 13.0 Å². The molecular formula is C9H12N4. The quantitative estimate of drug-likeness (QED) is 0.734. The van der Waals surface area contributed by atoms with E-state index in [0.29, 0.717) is 6.54 Å². The minimum Gasteiger partial charge on any atom is -0.325 e. The largest absolute Gasteiger partial charge is 0.325 e. The molecule has 0 radical (unpaired) electrons. The van der Waals surface area contributed by atoms with Gasteiger partial charge in [-0.05, 0) is 12.0 Å². The highest BCUT2D eigenvalue weighted by Gasteiger charge is 2.00. The number of fused-ring (bicyclic) bond motifs is 1. The summed E-state index contributed by atoms with van der Waals surface area (Å²) in [5.74, 6) is 0.720. The maximum atomic E-state index is 5.48. The second kappa shape index (κ2) is 3.14. The Labute approximate surface area is 76.4 Å². The van der Waals surface area contributed by atoms with Gasteiger partial charge in [0.1, 0.15) is 0 Å². The molecule has 2 heterocycles. The lowest BCUT2D eigenvalue weighted by Crippen LogP contribution is -1.95. The molecule has 2 N–H and O–H groups in total. The van der Waals surface area contributed by atoms with Crippen LogP contribution in [0.4, 0.5) is 0 Å². The standard InChI is InChI=1S/C9H12N4/c1-2-7-4-11-9-12-8(3-10)6-13(9)5-7/h4-6H,2-3,10H2,1H3. The number of nitrogens with two attached hydrogens (primary N) is 1. The van der Waals surface area contributed by atoms with Gasteiger partial charge in [0.05, 0.1) is 5.69 Å². The van der Waals surface area contributed by atoms with Crippen molar-refractivity contribution >= 4 is 5.78 Å². The van der Waals surface area contributed by atoms with E-state index in [2.05, 4.69) is 16.9 Å². The lowest BCUT2D eigenvalue weighted by atomic mass is 10.3. The van der Waals surface area contributed by atoms with Gasteiger partial charge in [0.15, 0.2) is 0 Å². The third kappa shape index (κ3) is 1.40. The first-order chi connectivity index (χ1) is 6.33. The smallest absolute Gasteiger partial charge is 0.233 e. The van der Waals surface area contributed by atoms with E-state index >= 15 is 0 Å². The Morgan fingerprint density at radius 3 is 3.00 bits per heavy atom. The summed E-state index contributed by atoms with van der Waals surface area (Å²) in [6.45, 7) is 2.56. The zero-order chi connectivity index (χ0) is 9.26. The average molecular weight is 176 g/mol. The van der Waals surface area contributed by atoms with Crippen LogP contribution >= 0.6 is 0 Å². The van der Waals surface area contributed by atoms with E-state index in [1.807, 2.05) is 23.0 Å². The van der Waals surface area contributed by atoms with E-state index < -0.39 is 0 Å². The normalized spacial score (nSPS) is 10.9. The summed E-state index contributed by atoms with van der Waals surface area (Å²) in [5.41, 5.74) is 7.56. The number of aryl methyl sites for hydroxylation is 1. The van der Waals surface area contributed by atoms with Gasteiger partial charge < -0.3 is 5.73 Å². The first-order valence-corrected chi connectivity index (χ1v) is 4.36. The molecule has 0 saturated carbocycles. The molecule has 0 bridgehead atoms. The monoisotopic (exact) mass is 176 g/mol. The van der Waals surface area contributed by atoms with Crippen molar-refractivity contribution in [3.8, 4) is 0 Å². The predicted molar refractivity (Wildman–Crippen MR) is 50.3 cm³/mol. The molecule has 2 aromatic heterocycles. The van der Waals surface area contributed by atoms with Gasteiger partial charge in [-0.3, -0.25) is 4.40 Å². The molecule has 0 unspecified atom stereocenters. The maximum absolute atomic E-state index is 5.48. The van der Waals surface area contributed by atoms with Crippen molar-refractivity contribution in [3.05, 3.63) is 29.8 Å². The highest BCUT2D eigenvalue weighted by atomic mass is 15.1. The van der Waals surface area contributed by atoms with Gasteiger partial charge in [0.25, 0.3) is 0 Å². The van der Waals surface area contributed by atoms with E-state index in [-0.39, 0.29) is 0 Å². The Kier molecular flexibility index (Phi) is 1.98. The van der Waals surface area contributed by atoms with Crippen molar-refractivity contribution in [2.75, 3.05) is 0 Å². The molecule has 0 aromatic carbocycles. The molecule has 2 rings (SSSR count). The van der Waals surface area contributed by atoms with Crippen LogP contribution in [0.2, 0.25) is 0 Å². The minimum absolute atomic E-state index is 0.463. The summed E-state index contributed by atoms with van der Waals surface area (Å²) in [7, 11) is 0. The summed E-state index contributed by atoms with van der Waals surface area (Å²) in [5, 5.41) is 0. The minimum atomic E-state index is 0.463. The van der Waals surface area contributed by atoms with Crippen LogP contribution in [0.25, 0.3) is 5.78 Å². The van der Waals surface area contributed by atoms with E-state index in [9.17, 15) is 0 Å². The zero-order valence-corrected chi connectivity index (χ0v) is 7.57. The van der Waals surface area contributed by atoms with E-state index in [4.69, 9.17) is 5.73 Å². The second-order valence-electron chi connectivity index (χ2n) is 2.96. The first-order valence-electron chi connectivity index (χ1n) is 4.36. The fourth-order valence-electron chi connectivity index (χ4n) is 1.26. The molecule has 0 fully saturated rings. The third-order valence-electron chi connectivity index (χ3n) is 2.03. The molecular weight excluding hydrogens is 164 g/mol. The summed E-state index contributed by atoms with van der Waals surface area (Å²) in [6, 6.07) is 0. The van der Waals surface area contributed by atoms with Crippen molar-refractivity contribution in [1.29, 1.82) is 0 Å². The lowest BCUT2D eigenvalue weighted by Gasteiger charge is -1.95. The Hall–Kier alpha value is -1.42. The van der Waals surface area contributed by atoms with Crippen LogP contribution in [0.15, 0.2) is 18.6 Å². The SMILES string of the molecule is CCc1cnc2nc(CN)cn2c1. The number of imidazole rings is 1. The van der Waals surface area contributed by atoms with Gasteiger partial charge in [0.2, 0.25) is 5.78 Å². The van der Waals surface area contributed by atoms with Crippen molar-refractivity contribution in [2.24, 2.45) is 5.73 Å².